The van der Waals surface area contributed by atoms with Gasteiger partial charge in [0.1, 0.15) is 5.75 Å². The summed E-state index contributed by atoms with van der Waals surface area (Å²) in [5.41, 5.74) is 8.83. The Morgan fingerprint density at radius 3 is 2.53 bits per heavy atom. The molecule has 2 aromatic carbocycles. The predicted molar refractivity (Wildman–Crippen MR) is 113 cm³/mol. The van der Waals surface area contributed by atoms with E-state index in [0.717, 1.165) is 21.1 Å². The maximum absolute atomic E-state index is 13.0. The lowest BCUT2D eigenvalue weighted by molar-refractivity contribution is 0.0496. The summed E-state index contributed by atoms with van der Waals surface area (Å²) in [5, 5.41) is 0.509. The summed E-state index contributed by atoms with van der Waals surface area (Å²) in [6.07, 6.45) is -0.481. The fourth-order valence-electron chi connectivity index (χ4n) is 3.87. The minimum atomic E-state index is -3.81. The Balaban J connectivity index is 2.10. The first kappa shape index (κ1) is 20.4. The minimum absolute atomic E-state index is 0.0333. The standard InChI is InChI=1S/C21H23N3O5S/c1-5-29-21-15-10-13(28-4)6-7-14(15)18-11-16-17(24(18)21)8-12(20(22)25)9-19(16)30(26,27)23(2)3/h6-11,21H,5H2,1-4H3,(H2,22,25). The van der Waals surface area contributed by atoms with Crippen molar-refractivity contribution in [3.05, 3.63) is 47.5 Å². The van der Waals surface area contributed by atoms with Gasteiger partial charge in [-0.05, 0) is 43.3 Å². The van der Waals surface area contributed by atoms with Crippen LogP contribution in [-0.2, 0) is 14.8 Å². The van der Waals surface area contributed by atoms with E-state index in [0.29, 0.717) is 23.3 Å². The maximum Gasteiger partial charge on any atom is 0.248 e. The van der Waals surface area contributed by atoms with Crippen molar-refractivity contribution in [2.75, 3.05) is 27.8 Å². The first-order valence-corrected chi connectivity index (χ1v) is 10.9. The van der Waals surface area contributed by atoms with Crippen LogP contribution in [0.25, 0.3) is 22.2 Å². The second-order valence-corrected chi connectivity index (χ2v) is 9.34. The molecule has 2 N–H and O–H groups in total. The molecular formula is C21H23N3O5S. The summed E-state index contributed by atoms with van der Waals surface area (Å²) in [4.78, 5) is 12.0. The number of hydrogen-bond donors (Lipinski definition) is 1. The van der Waals surface area contributed by atoms with E-state index in [9.17, 15) is 13.2 Å². The number of sulfonamides is 1. The van der Waals surface area contributed by atoms with Crippen molar-refractivity contribution in [2.45, 2.75) is 18.0 Å². The van der Waals surface area contributed by atoms with Crippen molar-refractivity contribution in [3.63, 3.8) is 0 Å². The van der Waals surface area contributed by atoms with E-state index >= 15 is 0 Å². The number of hydrogen-bond acceptors (Lipinski definition) is 5. The van der Waals surface area contributed by atoms with Crippen LogP contribution < -0.4 is 10.5 Å². The molecule has 0 aliphatic carbocycles. The third-order valence-electron chi connectivity index (χ3n) is 5.32. The molecule has 1 aliphatic rings. The van der Waals surface area contributed by atoms with Gasteiger partial charge in [-0.1, -0.05) is 0 Å². The highest BCUT2D eigenvalue weighted by molar-refractivity contribution is 7.89. The lowest BCUT2D eigenvalue weighted by atomic mass is 10.0. The van der Waals surface area contributed by atoms with Gasteiger partial charge in [0.15, 0.2) is 6.23 Å². The fraction of sp³-hybridized carbons (Fsp3) is 0.286. The quantitative estimate of drug-likeness (QED) is 0.649. The van der Waals surface area contributed by atoms with Crippen LogP contribution >= 0.6 is 0 Å². The van der Waals surface area contributed by atoms with Crippen LogP contribution in [0.15, 0.2) is 41.3 Å². The molecule has 0 spiro atoms. The number of carbonyl (C=O) groups is 1. The van der Waals surface area contributed by atoms with E-state index in [1.807, 2.05) is 35.8 Å². The van der Waals surface area contributed by atoms with E-state index in [1.165, 1.54) is 20.2 Å². The molecule has 1 atom stereocenters. The van der Waals surface area contributed by atoms with Gasteiger partial charge in [0.05, 0.1) is 23.2 Å². The second kappa shape index (κ2) is 7.12. The molecule has 9 heteroatoms. The summed E-state index contributed by atoms with van der Waals surface area (Å²) in [6, 6.07) is 10.4. The number of benzene rings is 2. The second-order valence-electron chi connectivity index (χ2n) is 7.22. The highest BCUT2D eigenvalue weighted by atomic mass is 32.2. The molecule has 0 fully saturated rings. The van der Waals surface area contributed by atoms with Crippen LogP contribution in [0.5, 0.6) is 5.75 Å². The van der Waals surface area contributed by atoms with Crippen LogP contribution in [0.3, 0.4) is 0 Å². The van der Waals surface area contributed by atoms with Crippen molar-refractivity contribution >= 4 is 26.8 Å². The molecule has 30 heavy (non-hydrogen) atoms. The zero-order valence-corrected chi connectivity index (χ0v) is 18.0. The molecule has 1 amide bonds. The monoisotopic (exact) mass is 429 g/mol. The van der Waals surface area contributed by atoms with Gasteiger partial charge in [-0.15, -0.1) is 0 Å². The highest BCUT2D eigenvalue weighted by Crippen LogP contribution is 2.46. The van der Waals surface area contributed by atoms with Crippen LogP contribution in [0.2, 0.25) is 0 Å². The average molecular weight is 429 g/mol. The molecule has 0 saturated carbocycles. The Hall–Kier alpha value is -2.88. The Morgan fingerprint density at radius 2 is 1.93 bits per heavy atom. The number of aromatic nitrogens is 1. The Kier molecular flexibility index (Phi) is 4.84. The average Bonchev–Trinajstić information content (AvgIpc) is 3.22. The van der Waals surface area contributed by atoms with Crippen molar-refractivity contribution in [2.24, 2.45) is 5.73 Å². The maximum atomic E-state index is 13.0. The predicted octanol–water partition coefficient (Wildman–Crippen LogP) is 2.56. The van der Waals surface area contributed by atoms with E-state index in [4.69, 9.17) is 15.2 Å². The zero-order chi connectivity index (χ0) is 21.8. The number of fused-ring (bicyclic) bond motifs is 5. The van der Waals surface area contributed by atoms with Gasteiger partial charge in [-0.3, -0.25) is 4.79 Å². The number of ether oxygens (including phenoxy) is 2. The molecule has 0 radical (unpaired) electrons. The SMILES string of the molecule is CCOC1c2cc(OC)ccc2-c2cc3c(S(=O)(=O)N(C)C)cc(C(N)=O)cc3n21. The first-order chi connectivity index (χ1) is 14.2. The zero-order valence-electron chi connectivity index (χ0n) is 17.2. The number of rotatable bonds is 6. The van der Waals surface area contributed by atoms with Gasteiger partial charge in [-0.2, -0.15) is 0 Å². The molecule has 8 nitrogen and oxygen atoms in total. The summed E-state index contributed by atoms with van der Waals surface area (Å²) in [6.45, 7) is 2.33. The van der Waals surface area contributed by atoms with E-state index < -0.39 is 22.2 Å². The fourth-order valence-corrected chi connectivity index (χ4v) is 4.98. The first-order valence-electron chi connectivity index (χ1n) is 9.42. The lowest BCUT2D eigenvalue weighted by Crippen LogP contribution is -2.23. The summed E-state index contributed by atoms with van der Waals surface area (Å²) >= 11 is 0. The van der Waals surface area contributed by atoms with Gasteiger partial charge >= 0.3 is 0 Å². The Morgan fingerprint density at radius 1 is 1.20 bits per heavy atom. The molecule has 0 saturated heterocycles. The third-order valence-corrected chi connectivity index (χ3v) is 7.18. The number of carbonyl (C=O) groups excluding carboxylic acids is 1. The van der Waals surface area contributed by atoms with Crippen LogP contribution in [0.4, 0.5) is 0 Å². The molecule has 1 aromatic heterocycles. The Bertz CT molecular complexity index is 1280. The van der Waals surface area contributed by atoms with E-state index in [-0.39, 0.29) is 10.5 Å². The van der Waals surface area contributed by atoms with Crippen molar-refractivity contribution < 1.29 is 22.7 Å². The van der Waals surface area contributed by atoms with Gasteiger partial charge in [0.25, 0.3) is 0 Å². The van der Waals surface area contributed by atoms with E-state index in [2.05, 4.69) is 0 Å². The number of nitrogens with zero attached hydrogens (tertiary/aromatic N) is 2. The van der Waals surface area contributed by atoms with Crippen LogP contribution in [0.1, 0.15) is 29.1 Å². The van der Waals surface area contributed by atoms with Crippen LogP contribution in [-0.4, -0.2) is 51.0 Å². The smallest absolute Gasteiger partial charge is 0.248 e. The number of nitrogens with two attached hydrogens (primary N) is 1. The minimum Gasteiger partial charge on any atom is -0.497 e. The molecule has 3 aromatic rings. The molecule has 4 rings (SSSR count). The number of primary amides is 1. The normalized spacial score (nSPS) is 15.4. The topological polar surface area (TPSA) is 104 Å². The summed E-state index contributed by atoms with van der Waals surface area (Å²) < 4.78 is 40.4. The molecule has 0 bridgehead atoms. The number of amides is 1. The van der Waals surface area contributed by atoms with Gasteiger partial charge in [-0.25, -0.2) is 12.7 Å². The van der Waals surface area contributed by atoms with Crippen LogP contribution in [0, 0.1) is 0 Å². The summed E-state index contributed by atoms with van der Waals surface area (Å²) in [7, 11) is 0.685. The summed E-state index contributed by atoms with van der Waals surface area (Å²) in [5.74, 6) is -0.00462. The van der Waals surface area contributed by atoms with E-state index in [1.54, 1.807) is 13.2 Å². The largest absolute Gasteiger partial charge is 0.497 e. The van der Waals surface area contributed by atoms with Crippen molar-refractivity contribution in [3.8, 4) is 17.0 Å². The molecule has 1 aliphatic heterocycles. The highest BCUT2D eigenvalue weighted by Gasteiger charge is 2.34. The lowest BCUT2D eigenvalue weighted by Gasteiger charge is -2.18. The van der Waals surface area contributed by atoms with Gasteiger partial charge < -0.3 is 19.8 Å². The molecule has 2 heterocycles. The van der Waals surface area contributed by atoms with Crippen molar-refractivity contribution in [1.29, 1.82) is 0 Å². The Labute approximate surface area is 174 Å². The molecular weight excluding hydrogens is 406 g/mol. The van der Waals surface area contributed by atoms with Gasteiger partial charge in [0, 0.05) is 42.8 Å². The molecule has 1 unspecified atom stereocenters. The molecule has 158 valence electrons. The number of methoxy groups -OCH3 is 1. The third kappa shape index (κ3) is 2.89. The van der Waals surface area contributed by atoms with Gasteiger partial charge in [0.2, 0.25) is 15.9 Å². The van der Waals surface area contributed by atoms with Crippen molar-refractivity contribution in [1.82, 2.24) is 8.87 Å².